The Kier molecular flexibility index (Phi) is 60.3. The first-order valence-corrected chi connectivity index (χ1v) is 32.1. The first-order chi connectivity index (χ1) is 37.0. The van der Waals surface area contributed by atoms with Crippen molar-refractivity contribution < 1.29 is 28.6 Å². The summed E-state index contributed by atoms with van der Waals surface area (Å²) in [6, 6.07) is 0. The fourth-order valence-corrected chi connectivity index (χ4v) is 9.09. The molecule has 75 heavy (non-hydrogen) atoms. The van der Waals surface area contributed by atoms with E-state index in [2.05, 4.69) is 106 Å². The Labute approximate surface area is 465 Å². The molecule has 432 valence electrons. The van der Waals surface area contributed by atoms with Crippen LogP contribution in [0.3, 0.4) is 0 Å². The number of allylic oxidation sites excluding steroid dienone is 14. The van der Waals surface area contributed by atoms with Crippen LogP contribution in [-0.2, 0) is 28.6 Å². The van der Waals surface area contributed by atoms with Gasteiger partial charge in [-0.05, 0) is 96.3 Å². The van der Waals surface area contributed by atoms with Gasteiger partial charge in [0.2, 0.25) is 0 Å². The molecule has 0 fully saturated rings. The van der Waals surface area contributed by atoms with Crippen LogP contribution in [0.15, 0.2) is 85.1 Å². The Morgan fingerprint density at radius 3 is 0.813 bits per heavy atom. The summed E-state index contributed by atoms with van der Waals surface area (Å²) in [5, 5.41) is 0. The van der Waals surface area contributed by atoms with Crippen LogP contribution in [0.5, 0.6) is 0 Å². The average Bonchev–Trinajstić information content (AvgIpc) is 3.41. The zero-order valence-electron chi connectivity index (χ0n) is 49.6. The van der Waals surface area contributed by atoms with E-state index in [1.54, 1.807) is 0 Å². The summed E-state index contributed by atoms with van der Waals surface area (Å²) in [6.07, 6.45) is 83.1. The summed E-state index contributed by atoms with van der Waals surface area (Å²) in [5.41, 5.74) is 0. The van der Waals surface area contributed by atoms with Crippen LogP contribution in [0.4, 0.5) is 0 Å². The van der Waals surface area contributed by atoms with Crippen molar-refractivity contribution in [2.45, 2.75) is 322 Å². The minimum atomic E-state index is -0.788. The van der Waals surface area contributed by atoms with Gasteiger partial charge in [0.1, 0.15) is 13.2 Å². The molecular weight excluding hydrogens is 925 g/mol. The number of hydrogen-bond acceptors (Lipinski definition) is 6. The highest BCUT2D eigenvalue weighted by atomic mass is 16.6. The number of carbonyl (C=O) groups excluding carboxylic acids is 3. The Morgan fingerprint density at radius 2 is 0.520 bits per heavy atom. The monoisotopic (exact) mass is 1040 g/mol. The fourth-order valence-electron chi connectivity index (χ4n) is 9.09. The minimum Gasteiger partial charge on any atom is -0.462 e. The first-order valence-electron chi connectivity index (χ1n) is 32.1. The molecule has 0 radical (unpaired) electrons. The van der Waals surface area contributed by atoms with E-state index in [9.17, 15) is 14.4 Å². The number of hydrogen-bond donors (Lipinski definition) is 0. The SMILES string of the molecule is CC/C=C\C/C=C\C/C=C\C/C=C\CCCCCCC(=O)OC(COC(=O)CCCCCCCCCCCCC)COC(=O)CCCCCCCCCCCCCCCC/C=C\C/C=C\C/C=C\CCCCCCC. The Balaban J connectivity index is 4.22. The molecule has 0 aromatic rings. The van der Waals surface area contributed by atoms with Crippen molar-refractivity contribution in [3.05, 3.63) is 85.1 Å². The molecule has 1 unspecified atom stereocenters. The van der Waals surface area contributed by atoms with Crippen molar-refractivity contribution in [2.24, 2.45) is 0 Å². The molecule has 0 rings (SSSR count). The van der Waals surface area contributed by atoms with E-state index in [1.807, 2.05) is 0 Å². The van der Waals surface area contributed by atoms with Crippen molar-refractivity contribution in [3.63, 3.8) is 0 Å². The maximum atomic E-state index is 12.9. The molecule has 0 spiro atoms. The average molecular weight is 1050 g/mol. The molecule has 0 amide bonds. The van der Waals surface area contributed by atoms with Gasteiger partial charge in [0, 0.05) is 19.3 Å². The van der Waals surface area contributed by atoms with Crippen LogP contribution < -0.4 is 0 Å². The second kappa shape index (κ2) is 63.1. The van der Waals surface area contributed by atoms with E-state index in [-0.39, 0.29) is 31.1 Å². The second-order valence-electron chi connectivity index (χ2n) is 21.3. The lowest BCUT2D eigenvalue weighted by Crippen LogP contribution is -2.30. The van der Waals surface area contributed by atoms with Gasteiger partial charge in [0.25, 0.3) is 0 Å². The molecule has 0 N–H and O–H groups in total. The van der Waals surface area contributed by atoms with E-state index in [0.717, 1.165) is 109 Å². The van der Waals surface area contributed by atoms with E-state index in [0.29, 0.717) is 19.3 Å². The summed E-state index contributed by atoms with van der Waals surface area (Å²) >= 11 is 0. The van der Waals surface area contributed by atoms with E-state index >= 15 is 0 Å². The molecule has 0 aliphatic rings. The van der Waals surface area contributed by atoms with E-state index in [4.69, 9.17) is 14.2 Å². The van der Waals surface area contributed by atoms with Gasteiger partial charge < -0.3 is 14.2 Å². The van der Waals surface area contributed by atoms with Crippen molar-refractivity contribution >= 4 is 17.9 Å². The molecule has 0 aliphatic carbocycles. The summed E-state index contributed by atoms with van der Waals surface area (Å²) in [6.45, 7) is 6.51. The minimum absolute atomic E-state index is 0.0838. The molecule has 0 heterocycles. The van der Waals surface area contributed by atoms with Crippen molar-refractivity contribution in [1.29, 1.82) is 0 Å². The topological polar surface area (TPSA) is 78.9 Å². The third-order valence-corrected chi connectivity index (χ3v) is 13.9. The van der Waals surface area contributed by atoms with Crippen LogP contribution in [-0.4, -0.2) is 37.2 Å². The number of carbonyl (C=O) groups is 3. The summed E-state index contributed by atoms with van der Waals surface area (Å²) in [7, 11) is 0. The zero-order valence-corrected chi connectivity index (χ0v) is 49.6. The highest BCUT2D eigenvalue weighted by Crippen LogP contribution is 2.16. The Morgan fingerprint density at radius 1 is 0.280 bits per heavy atom. The number of ether oxygens (including phenoxy) is 3. The van der Waals surface area contributed by atoms with Gasteiger partial charge in [-0.25, -0.2) is 0 Å². The summed E-state index contributed by atoms with van der Waals surface area (Å²) in [5.74, 6) is -0.898. The van der Waals surface area contributed by atoms with Gasteiger partial charge in [0.15, 0.2) is 6.10 Å². The highest BCUT2D eigenvalue weighted by Gasteiger charge is 2.19. The molecule has 6 nitrogen and oxygen atoms in total. The van der Waals surface area contributed by atoms with Crippen LogP contribution in [0, 0.1) is 0 Å². The Bertz CT molecular complexity index is 1430. The van der Waals surface area contributed by atoms with Crippen LogP contribution in [0.1, 0.15) is 316 Å². The van der Waals surface area contributed by atoms with Crippen molar-refractivity contribution in [3.8, 4) is 0 Å². The molecule has 1 atom stereocenters. The maximum Gasteiger partial charge on any atom is 0.306 e. The van der Waals surface area contributed by atoms with E-state index < -0.39 is 6.10 Å². The molecule has 0 bridgehead atoms. The van der Waals surface area contributed by atoms with Gasteiger partial charge in [0.05, 0.1) is 0 Å². The quantitative estimate of drug-likeness (QED) is 0.0261. The fraction of sp³-hybridized carbons (Fsp3) is 0.754. The van der Waals surface area contributed by atoms with Crippen LogP contribution >= 0.6 is 0 Å². The highest BCUT2D eigenvalue weighted by molar-refractivity contribution is 5.71. The largest absolute Gasteiger partial charge is 0.462 e. The molecule has 0 saturated carbocycles. The zero-order chi connectivity index (χ0) is 54.3. The van der Waals surface area contributed by atoms with E-state index in [1.165, 1.54) is 167 Å². The third-order valence-electron chi connectivity index (χ3n) is 13.9. The molecular formula is C69H120O6. The maximum absolute atomic E-state index is 12.9. The predicted molar refractivity (Wildman–Crippen MR) is 325 cm³/mol. The van der Waals surface area contributed by atoms with Gasteiger partial charge >= 0.3 is 17.9 Å². The summed E-state index contributed by atoms with van der Waals surface area (Å²) < 4.78 is 16.9. The molecule has 0 aliphatic heterocycles. The molecule has 6 heteroatoms. The van der Waals surface area contributed by atoms with Crippen molar-refractivity contribution in [2.75, 3.05) is 13.2 Å². The van der Waals surface area contributed by atoms with Gasteiger partial charge in [-0.15, -0.1) is 0 Å². The number of esters is 3. The molecule has 0 saturated heterocycles. The first kappa shape index (κ1) is 71.6. The summed E-state index contributed by atoms with van der Waals surface area (Å²) in [4.78, 5) is 38.2. The molecule has 0 aromatic heterocycles. The molecule has 0 aromatic carbocycles. The normalized spacial score (nSPS) is 12.6. The van der Waals surface area contributed by atoms with Crippen LogP contribution in [0.25, 0.3) is 0 Å². The Hall–Kier alpha value is -3.41. The lowest BCUT2D eigenvalue weighted by atomic mass is 10.0. The van der Waals surface area contributed by atoms with Crippen molar-refractivity contribution in [1.82, 2.24) is 0 Å². The second-order valence-corrected chi connectivity index (χ2v) is 21.3. The van der Waals surface area contributed by atoms with Crippen LogP contribution in [0.2, 0.25) is 0 Å². The predicted octanol–water partition coefficient (Wildman–Crippen LogP) is 21.9. The third kappa shape index (κ3) is 61.3. The lowest BCUT2D eigenvalue weighted by molar-refractivity contribution is -0.167. The number of rotatable bonds is 58. The standard InChI is InChI=1S/C69H120O6/c1-4-7-10-13-16-19-22-24-26-28-29-30-31-32-33-34-35-36-37-38-39-41-42-44-47-50-53-56-59-62-68(71)74-65-66(64-73-67(70)61-58-55-52-49-46-21-18-15-12-9-6-3)75-69(72)63-60-57-54-51-48-45-43-40-27-25-23-20-17-14-11-8-5-2/h8,11,17,20,22,24-25,27-29,31-32,43,45,66H,4-7,9-10,12-16,18-19,21,23,26,30,33-42,44,46-65H2,1-3H3/b11-8-,20-17-,24-22-,27-25-,29-28-,32-31-,45-43-. The smallest absolute Gasteiger partial charge is 0.306 e. The van der Waals surface area contributed by atoms with Gasteiger partial charge in [-0.2, -0.15) is 0 Å². The van der Waals surface area contributed by atoms with Gasteiger partial charge in [-0.1, -0.05) is 286 Å². The van der Waals surface area contributed by atoms with Gasteiger partial charge in [-0.3, -0.25) is 14.4 Å². The lowest BCUT2D eigenvalue weighted by Gasteiger charge is -2.18. The number of unbranched alkanes of at least 4 members (excludes halogenated alkanes) is 33.